The molecule has 3 rings (SSSR count). The summed E-state index contributed by atoms with van der Waals surface area (Å²) in [4.78, 5) is 68.1. The highest BCUT2D eigenvalue weighted by atomic mass is 28.4. The number of carbonyl (C=O) groups is 5. The third kappa shape index (κ3) is 12.2. The molecule has 61 heavy (non-hydrogen) atoms. The molecule has 2 aromatic rings. The van der Waals surface area contributed by atoms with E-state index >= 15 is 0 Å². The van der Waals surface area contributed by atoms with Gasteiger partial charge in [0.05, 0.1) is 31.0 Å². The van der Waals surface area contributed by atoms with Crippen molar-refractivity contribution in [2.75, 3.05) is 30.9 Å². The topological polar surface area (TPSA) is 196 Å². The van der Waals surface area contributed by atoms with Gasteiger partial charge in [0.15, 0.2) is 5.75 Å². The Morgan fingerprint density at radius 1 is 0.934 bits per heavy atom. The van der Waals surface area contributed by atoms with Crippen molar-refractivity contribution in [1.29, 1.82) is 0 Å². The van der Waals surface area contributed by atoms with Crippen LogP contribution in [-0.2, 0) is 20.9 Å². The van der Waals surface area contributed by atoms with E-state index in [1.165, 1.54) is 25.0 Å². The lowest BCUT2D eigenvalue weighted by Crippen LogP contribution is -2.55. The quantitative estimate of drug-likeness (QED) is 0.0638. The fourth-order valence-electron chi connectivity index (χ4n) is 8.02. The van der Waals surface area contributed by atoms with Gasteiger partial charge in [-0.15, -0.1) is 6.58 Å². The van der Waals surface area contributed by atoms with Crippen LogP contribution in [0.25, 0.3) is 0 Å². The van der Waals surface area contributed by atoms with E-state index in [4.69, 9.17) is 13.9 Å². The van der Waals surface area contributed by atoms with E-state index in [2.05, 4.69) is 64.1 Å². The van der Waals surface area contributed by atoms with Crippen LogP contribution in [0.5, 0.6) is 11.5 Å². The van der Waals surface area contributed by atoms with Gasteiger partial charge < -0.3 is 39.6 Å². The number of carbonyl (C=O) groups excluding carboxylic acids is 4. The van der Waals surface area contributed by atoms with E-state index in [1.54, 1.807) is 56.4 Å². The fraction of sp³-hybridized carbons (Fsp3) is 0.489. The lowest BCUT2D eigenvalue weighted by molar-refractivity contribution is -0.130. The third-order valence-electron chi connectivity index (χ3n) is 10.9. The molecule has 0 unspecified atom stereocenters. The summed E-state index contributed by atoms with van der Waals surface area (Å²) >= 11 is 0. The summed E-state index contributed by atoms with van der Waals surface area (Å²) in [7, 11) is -1.03. The summed E-state index contributed by atoms with van der Waals surface area (Å²) < 4.78 is 18.4. The van der Waals surface area contributed by atoms with Gasteiger partial charge in [0.25, 0.3) is 14.2 Å². The smallest absolute Gasteiger partial charge is 0.411 e. The maximum Gasteiger partial charge on any atom is 0.411 e. The highest BCUT2D eigenvalue weighted by Gasteiger charge is 2.47. The molecule has 15 nitrogen and oxygen atoms in total. The summed E-state index contributed by atoms with van der Waals surface area (Å²) in [6.45, 7) is 22.8. The molecular weight excluding hydrogens is 799 g/mol. The normalized spacial score (nSPS) is 15.1. The van der Waals surface area contributed by atoms with Crippen LogP contribution in [0.4, 0.5) is 21.0 Å². The number of hydrogen-bond acceptors (Lipinski definition) is 9. The first-order valence-corrected chi connectivity index (χ1v) is 22.8. The van der Waals surface area contributed by atoms with Crippen LogP contribution < -0.4 is 25.1 Å². The van der Waals surface area contributed by atoms with Gasteiger partial charge in [-0.25, -0.2) is 9.59 Å². The number of amides is 5. The predicted molar refractivity (Wildman–Crippen MR) is 239 cm³/mol. The fourth-order valence-corrected chi connectivity index (χ4v) is 13.3. The Morgan fingerprint density at radius 3 is 2.07 bits per heavy atom. The number of allylic oxidation sites excluding steroid dienone is 2. The van der Waals surface area contributed by atoms with Crippen LogP contribution in [0.1, 0.15) is 91.6 Å². The number of carboxylic acid groups (broad SMARTS) is 1. The van der Waals surface area contributed by atoms with E-state index in [0.717, 1.165) is 10.5 Å². The number of nitrogens with one attached hydrogen (secondary N) is 3. The van der Waals surface area contributed by atoms with Crippen molar-refractivity contribution in [3.8, 4) is 11.5 Å². The molecule has 16 heteroatoms. The van der Waals surface area contributed by atoms with Crippen LogP contribution in [0.3, 0.4) is 0 Å². The molecule has 1 aliphatic heterocycles. The van der Waals surface area contributed by atoms with E-state index in [9.17, 15) is 34.2 Å². The molecule has 0 saturated carbocycles. The summed E-state index contributed by atoms with van der Waals surface area (Å²) in [5.41, 5.74) is 2.78. The molecule has 1 aliphatic rings. The van der Waals surface area contributed by atoms with Gasteiger partial charge >= 0.3 is 12.2 Å². The van der Waals surface area contributed by atoms with E-state index < -0.39 is 56.4 Å². The van der Waals surface area contributed by atoms with Crippen LogP contribution in [0.15, 0.2) is 73.0 Å². The van der Waals surface area contributed by atoms with Gasteiger partial charge in [-0.05, 0) is 72.1 Å². The molecule has 5 N–H and O–H groups in total. The van der Waals surface area contributed by atoms with Gasteiger partial charge in [0.2, 0.25) is 11.8 Å². The number of anilines is 2. The molecule has 0 bridgehead atoms. The van der Waals surface area contributed by atoms with Crippen molar-refractivity contribution in [3.63, 3.8) is 0 Å². The van der Waals surface area contributed by atoms with Crippen molar-refractivity contribution in [3.05, 3.63) is 84.1 Å². The van der Waals surface area contributed by atoms with Crippen molar-refractivity contribution in [2.45, 2.75) is 117 Å². The van der Waals surface area contributed by atoms with Crippen LogP contribution >= 0.6 is 0 Å². The minimum absolute atomic E-state index is 0.0560. The van der Waals surface area contributed by atoms with Crippen LogP contribution in [0.2, 0.25) is 16.6 Å². The average Bonchev–Trinajstić information content (AvgIpc) is 3.61. The maximum absolute atomic E-state index is 14.3. The molecule has 0 fully saturated rings. The summed E-state index contributed by atoms with van der Waals surface area (Å²) in [6.07, 6.45) is 5.17. The van der Waals surface area contributed by atoms with E-state index in [-0.39, 0.29) is 53.6 Å². The number of nitrogens with zero attached hydrogens (tertiary/aromatic N) is 2. The molecular formula is C45H65N5O10Si. The largest absolute Gasteiger partial charge is 0.540 e. The first-order valence-electron chi connectivity index (χ1n) is 20.7. The molecule has 0 radical (unpaired) electrons. The molecule has 1 heterocycles. The number of rotatable bonds is 20. The summed E-state index contributed by atoms with van der Waals surface area (Å²) in [5, 5.41) is 27.9. The Kier molecular flexibility index (Phi) is 18.2. The standard InChI is InChI=1S/C45H65N5O10Si/c1-13-15-33-21-35(25-51)50(24-33)43(54)36-22-38(58-12)39(60-61(28(5)6,29(7)8)30(9)10)23-37(36)48-44(55)59-26-32-16-18-34(19-17-32)47-41(52)31(11)46-42(53)40(27(3)4)49(20-14-2)45(56)57/h13-19,22-24,27-31,35,40,51H,2,20-21,25-26H2,1,3-12H3,(H,46,53)(H,47,52)(H,48,55)(H,56,57)/b15-13+/t31-,35-,40-/m0/s1. The molecule has 2 aromatic carbocycles. The number of benzene rings is 2. The lowest BCUT2D eigenvalue weighted by Gasteiger charge is -2.42. The number of aliphatic hydroxyl groups excluding tert-OH is 1. The second kappa shape index (κ2) is 22.3. The van der Waals surface area contributed by atoms with Crippen molar-refractivity contribution < 1.29 is 48.1 Å². The predicted octanol–water partition coefficient (Wildman–Crippen LogP) is 8.30. The second-order valence-corrected chi connectivity index (χ2v) is 21.8. The highest BCUT2D eigenvalue weighted by molar-refractivity contribution is 6.78. The third-order valence-corrected chi connectivity index (χ3v) is 16.9. The zero-order chi connectivity index (χ0) is 45.8. The van der Waals surface area contributed by atoms with Crippen molar-refractivity contribution in [1.82, 2.24) is 15.1 Å². The van der Waals surface area contributed by atoms with Gasteiger partial charge in [0, 0.05) is 24.5 Å². The van der Waals surface area contributed by atoms with Gasteiger partial charge in [-0.1, -0.05) is 85.8 Å². The number of hydrogen-bond donors (Lipinski definition) is 5. The van der Waals surface area contributed by atoms with Crippen molar-refractivity contribution >= 4 is 49.6 Å². The molecule has 5 amide bonds. The van der Waals surface area contributed by atoms with Crippen molar-refractivity contribution in [2.24, 2.45) is 5.92 Å². The second-order valence-electron chi connectivity index (χ2n) is 16.5. The molecule has 334 valence electrons. The zero-order valence-corrected chi connectivity index (χ0v) is 38.4. The Morgan fingerprint density at radius 2 is 1.56 bits per heavy atom. The van der Waals surface area contributed by atoms with E-state index in [0.29, 0.717) is 29.2 Å². The minimum atomic E-state index is -2.53. The first kappa shape index (κ1) is 49.7. The average molecular weight is 864 g/mol. The highest BCUT2D eigenvalue weighted by Crippen LogP contribution is 2.46. The SMILES string of the molecule is C=CCN(C(=O)O)[C@H](C(=O)N[C@@H](C)C(=O)Nc1ccc(COC(=O)Nc2cc(O[Si](C(C)C)(C(C)C)C(C)C)c(OC)cc2C(=O)N2C=C(/C=C/C)C[C@H]2CO)cc1)C(C)C. The molecule has 0 spiro atoms. The Hall–Kier alpha value is -5.61. The molecule has 0 saturated heterocycles. The minimum Gasteiger partial charge on any atom is -0.540 e. The zero-order valence-electron chi connectivity index (χ0n) is 37.4. The molecule has 0 aromatic heterocycles. The monoisotopic (exact) mass is 863 g/mol. The first-order chi connectivity index (χ1) is 28.7. The van der Waals surface area contributed by atoms with Crippen LogP contribution in [-0.4, -0.2) is 96.6 Å². The Bertz CT molecular complexity index is 1920. The van der Waals surface area contributed by atoms with Gasteiger partial charge in [0.1, 0.15) is 24.4 Å². The Balaban J connectivity index is 1.84. The van der Waals surface area contributed by atoms with Crippen LogP contribution in [0, 0.1) is 5.92 Å². The number of aliphatic hydroxyl groups is 1. The summed E-state index contributed by atoms with van der Waals surface area (Å²) in [5.74, 6) is -1.25. The lowest BCUT2D eigenvalue weighted by atomic mass is 10.0. The Labute approximate surface area is 361 Å². The molecule has 0 aliphatic carbocycles. The van der Waals surface area contributed by atoms with E-state index in [1.807, 2.05) is 19.1 Å². The maximum atomic E-state index is 14.3. The number of methoxy groups -OCH3 is 1. The summed E-state index contributed by atoms with van der Waals surface area (Å²) in [6, 6.07) is 7.15. The molecule has 3 atom stereocenters. The van der Waals surface area contributed by atoms with Gasteiger partial charge in [-0.3, -0.25) is 24.6 Å². The van der Waals surface area contributed by atoms with Gasteiger partial charge in [-0.2, -0.15) is 0 Å². The number of ether oxygens (including phenoxy) is 2.